The topological polar surface area (TPSA) is 37.0 Å². The van der Waals surface area contributed by atoms with Gasteiger partial charge in [-0.05, 0) is 78.4 Å². The molecule has 3 aliphatic rings. The van der Waals surface area contributed by atoms with Gasteiger partial charge < -0.3 is 0 Å². The summed E-state index contributed by atoms with van der Waals surface area (Å²) in [6.45, 7) is 2.53. The third kappa shape index (κ3) is 2.19. The second-order valence-corrected chi connectivity index (χ2v) is 8.08. The van der Waals surface area contributed by atoms with Crippen molar-refractivity contribution >= 4 is 5.97 Å². The second-order valence-electron chi connectivity index (χ2n) is 8.08. The van der Waals surface area contributed by atoms with Gasteiger partial charge in [0.1, 0.15) is 0 Å². The Morgan fingerprint density at radius 3 is 2.91 bits per heavy atom. The average Bonchev–Trinajstić information content (AvgIpc) is 2.88. The quantitative estimate of drug-likeness (QED) is 0.795. The zero-order valence-corrected chi connectivity index (χ0v) is 13.4. The minimum Gasteiger partial charge on any atom is -0.247 e. The van der Waals surface area contributed by atoms with Crippen molar-refractivity contribution in [1.29, 1.82) is 0 Å². The SMILES string of the molecule is C[C@@]12CCCC1C1CCc3cc(CC([O])=O)ccc3C1CC2. The first-order valence-corrected chi connectivity index (χ1v) is 8.88. The molecule has 0 N–H and O–H groups in total. The van der Waals surface area contributed by atoms with Gasteiger partial charge in [-0.25, -0.2) is 9.90 Å². The molecule has 0 aromatic heterocycles. The molecule has 0 spiro atoms. The minimum absolute atomic E-state index is 0.0437. The van der Waals surface area contributed by atoms with E-state index in [-0.39, 0.29) is 6.42 Å². The van der Waals surface area contributed by atoms with Crippen LogP contribution >= 0.6 is 0 Å². The number of rotatable bonds is 2. The standard InChI is InChI=1S/C20H25O2/c1-20-9-2-3-18(20)17-7-5-14-11-13(12-19(21)22)4-6-15(14)16(17)8-10-20/h4,6,11,16-18H,2-3,5,7-10,12H2,1H3/t16?,17?,18?,20-/m0/s1. The molecule has 2 nitrogen and oxygen atoms in total. The molecule has 2 fully saturated rings. The lowest BCUT2D eigenvalue weighted by molar-refractivity contribution is -0.142. The first-order valence-electron chi connectivity index (χ1n) is 8.88. The second kappa shape index (κ2) is 5.11. The zero-order chi connectivity index (χ0) is 15.3. The zero-order valence-electron chi connectivity index (χ0n) is 13.4. The maximum Gasteiger partial charge on any atom is 0.359 e. The largest absolute Gasteiger partial charge is 0.359 e. The van der Waals surface area contributed by atoms with Crippen LogP contribution < -0.4 is 0 Å². The molecule has 1 aromatic rings. The third-order valence-corrected chi connectivity index (χ3v) is 6.92. The number of carbonyl (C=O) groups excluding carboxylic acids is 1. The Morgan fingerprint density at radius 2 is 2.09 bits per heavy atom. The lowest BCUT2D eigenvalue weighted by Gasteiger charge is -2.49. The highest BCUT2D eigenvalue weighted by Crippen LogP contribution is 2.60. The van der Waals surface area contributed by atoms with E-state index in [9.17, 15) is 9.90 Å². The van der Waals surface area contributed by atoms with Gasteiger partial charge in [0.15, 0.2) is 0 Å². The van der Waals surface area contributed by atoms with E-state index in [2.05, 4.69) is 19.1 Å². The van der Waals surface area contributed by atoms with Gasteiger partial charge in [-0.1, -0.05) is 31.5 Å². The molecular formula is C20H25O2. The number of hydrogen-bond donors (Lipinski definition) is 0. The molecule has 117 valence electrons. The molecule has 0 aliphatic heterocycles. The lowest BCUT2D eigenvalue weighted by Crippen LogP contribution is -2.39. The Balaban J connectivity index is 1.64. The Labute approximate surface area is 132 Å². The van der Waals surface area contributed by atoms with Crippen LogP contribution in [0.1, 0.15) is 68.1 Å². The number of fused-ring (bicyclic) bond motifs is 5. The van der Waals surface area contributed by atoms with Gasteiger partial charge in [0.05, 0.1) is 6.42 Å². The van der Waals surface area contributed by atoms with Crippen molar-refractivity contribution < 1.29 is 9.90 Å². The van der Waals surface area contributed by atoms with Gasteiger partial charge in [0.25, 0.3) is 0 Å². The van der Waals surface area contributed by atoms with Crippen molar-refractivity contribution in [1.82, 2.24) is 0 Å². The molecule has 3 aliphatic carbocycles. The molecule has 2 saturated carbocycles. The number of hydrogen-bond acceptors (Lipinski definition) is 1. The van der Waals surface area contributed by atoms with E-state index < -0.39 is 5.97 Å². The Kier molecular flexibility index (Phi) is 3.32. The van der Waals surface area contributed by atoms with Crippen LogP contribution in [0.3, 0.4) is 0 Å². The summed E-state index contributed by atoms with van der Waals surface area (Å²) in [4.78, 5) is 10.8. The minimum atomic E-state index is -0.979. The molecule has 0 saturated heterocycles. The van der Waals surface area contributed by atoms with Crippen LogP contribution in [0, 0.1) is 17.3 Å². The molecule has 1 radical (unpaired) electrons. The van der Waals surface area contributed by atoms with E-state index in [0.717, 1.165) is 29.7 Å². The van der Waals surface area contributed by atoms with E-state index in [1.165, 1.54) is 49.7 Å². The summed E-state index contributed by atoms with van der Waals surface area (Å²) in [6, 6.07) is 6.37. The monoisotopic (exact) mass is 297 g/mol. The smallest absolute Gasteiger partial charge is 0.247 e. The van der Waals surface area contributed by atoms with Gasteiger partial charge in [-0.3, -0.25) is 0 Å². The van der Waals surface area contributed by atoms with Gasteiger partial charge >= 0.3 is 5.97 Å². The van der Waals surface area contributed by atoms with Gasteiger partial charge in [0, 0.05) is 0 Å². The Hall–Kier alpha value is -1.31. The molecule has 22 heavy (non-hydrogen) atoms. The van der Waals surface area contributed by atoms with Crippen molar-refractivity contribution in [3.05, 3.63) is 34.9 Å². The van der Waals surface area contributed by atoms with Crippen LogP contribution in [0.4, 0.5) is 0 Å². The van der Waals surface area contributed by atoms with Crippen LogP contribution in [0.15, 0.2) is 18.2 Å². The molecule has 4 atom stereocenters. The van der Waals surface area contributed by atoms with Crippen molar-refractivity contribution in [2.75, 3.05) is 0 Å². The van der Waals surface area contributed by atoms with Crippen molar-refractivity contribution in [2.24, 2.45) is 17.3 Å². The fourth-order valence-electron chi connectivity index (χ4n) is 5.91. The van der Waals surface area contributed by atoms with Crippen LogP contribution in [0.2, 0.25) is 0 Å². The van der Waals surface area contributed by atoms with E-state index >= 15 is 0 Å². The summed E-state index contributed by atoms with van der Waals surface area (Å²) in [6.07, 6.45) is 9.44. The maximum atomic E-state index is 10.8. The van der Waals surface area contributed by atoms with Crippen molar-refractivity contribution in [2.45, 2.75) is 64.2 Å². The van der Waals surface area contributed by atoms with Crippen molar-refractivity contribution in [3.8, 4) is 0 Å². The van der Waals surface area contributed by atoms with Crippen LogP contribution in [0.5, 0.6) is 0 Å². The number of benzene rings is 1. The number of carbonyl (C=O) groups is 1. The molecular weight excluding hydrogens is 272 g/mol. The lowest BCUT2D eigenvalue weighted by atomic mass is 9.56. The highest BCUT2D eigenvalue weighted by Gasteiger charge is 2.50. The fourth-order valence-corrected chi connectivity index (χ4v) is 5.91. The van der Waals surface area contributed by atoms with Crippen LogP contribution in [-0.4, -0.2) is 5.97 Å². The maximum absolute atomic E-state index is 10.8. The summed E-state index contributed by atoms with van der Waals surface area (Å²) >= 11 is 0. The average molecular weight is 297 g/mol. The van der Waals surface area contributed by atoms with Gasteiger partial charge in [0.2, 0.25) is 0 Å². The van der Waals surface area contributed by atoms with Crippen molar-refractivity contribution in [3.63, 3.8) is 0 Å². The predicted molar refractivity (Wildman–Crippen MR) is 85.1 cm³/mol. The molecule has 0 bridgehead atoms. The van der Waals surface area contributed by atoms with Gasteiger partial charge in [-0.2, -0.15) is 0 Å². The first kappa shape index (κ1) is 14.3. The Bertz CT molecular complexity index is 606. The van der Waals surface area contributed by atoms with Crippen LogP contribution in [-0.2, 0) is 22.7 Å². The van der Waals surface area contributed by atoms with E-state index in [4.69, 9.17) is 0 Å². The Morgan fingerprint density at radius 1 is 1.23 bits per heavy atom. The molecule has 3 unspecified atom stereocenters. The summed E-state index contributed by atoms with van der Waals surface area (Å²) in [5, 5.41) is 10.8. The molecule has 0 amide bonds. The summed E-state index contributed by atoms with van der Waals surface area (Å²) in [7, 11) is 0. The third-order valence-electron chi connectivity index (χ3n) is 6.92. The molecule has 0 heterocycles. The molecule has 2 heteroatoms. The summed E-state index contributed by atoms with van der Waals surface area (Å²) in [5.74, 6) is 1.52. The summed E-state index contributed by atoms with van der Waals surface area (Å²) in [5.41, 5.74) is 4.43. The normalized spacial score (nSPS) is 36.3. The van der Waals surface area contributed by atoms with Gasteiger partial charge in [-0.15, -0.1) is 0 Å². The molecule has 4 rings (SSSR count). The first-order chi connectivity index (χ1) is 10.6. The highest BCUT2D eigenvalue weighted by atomic mass is 16.4. The fraction of sp³-hybridized carbons (Fsp3) is 0.650. The van der Waals surface area contributed by atoms with E-state index in [1.807, 2.05) is 6.07 Å². The number of aryl methyl sites for hydroxylation is 1. The summed E-state index contributed by atoms with van der Waals surface area (Å²) < 4.78 is 0. The molecule has 1 aromatic carbocycles. The van der Waals surface area contributed by atoms with E-state index in [0.29, 0.717) is 5.41 Å². The van der Waals surface area contributed by atoms with Crippen LogP contribution in [0.25, 0.3) is 0 Å². The predicted octanol–water partition coefficient (Wildman–Crippen LogP) is 4.43. The van der Waals surface area contributed by atoms with E-state index in [1.54, 1.807) is 0 Å². The highest BCUT2D eigenvalue weighted by molar-refractivity contribution is 5.70.